The number of aryl methyl sites for hydroxylation is 1. The van der Waals surface area contributed by atoms with Crippen LogP contribution >= 0.6 is 34.8 Å². The Morgan fingerprint density at radius 2 is 1.63 bits per heavy atom. The summed E-state index contributed by atoms with van der Waals surface area (Å²) < 4.78 is 0. The van der Waals surface area contributed by atoms with Crippen LogP contribution in [0.25, 0.3) is 0 Å². The zero-order valence-corrected chi connectivity index (χ0v) is 17.6. The first-order valence-corrected chi connectivity index (χ1v) is 9.99. The number of amides is 1. The van der Waals surface area contributed by atoms with E-state index in [0.29, 0.717) is 15.7 Å². The molecule has 0 saturated carbocycles. The fourth-order valence-corrected chi connectivity index (χ4v) is 3.77. The summed E-state index contributed by atoms with van der Waals surface area (Å²) in [6.45, 7) is 7.28. The van der Waals surface area contributed by atoms with Crippen LogP contribution in [-0.2, 0) is 4.79 Å². The summed E-state index contributed by atoms with van der Waals surface area (Å²) in [6, 6.07) is 10.7. The highest BCUT2D eigenvalue weighted by molar-refractivity contribution is 6.35. The zero-order chi connectivity index (χ0) is 19.6. The van der Waals surface area contributed by atoms with Crippen molar-refractivity contribution in [1.82, 2.24) is 4.90 Å². The molecule has 0 aliphatic carbocycles. The molecule has 4 nitrogen and oxygen atoms in total. The van der Waals surface area contributed by atoms with Crippen molar-refractivity contribution in [3.63, 3.8) is 0 Å². The number of hydrogen-bond donors (Lipinski definition) is 1. The molecule has 1 amide bonds. The summed E-state index contributed by atoms with van der Waals surface area (Å²) >= 11 is 18.3. The second-order valence-corrected chi connectivity index (χ2v) is 8.02. The van der Waals surface area contributed by atoms with Crippen LogP contribution in [0.5, 0.6) is 0 Å². The van der Waals surface area contributed by atoms with Gasteiger partial charge in [0.15, 0.2) is 0 Å². The number of benzene rings is 2. The van der Waals surface area contributed by atoms with E-state index in [0.717, 1.165) is 36.9 Å². The molecule has 3 rings (SSSR count). The molecule has 0 radical (unpaired) electrons. The lowest BCUT2D eigenvalue weighted by Gasteiger charge is -2.39. The van der Waals surface area contributed by atoms with Gasteiger partial charge in [0.25, 0.3) is 0 Å². The maximum Gasteiger partial charge on any atom is 0.241 e. The summed E-state index contributed by atoms with van der Waals surface area (Å²) in [7, 11) is 0. The van der Waals surface area contributed by atoms with Crippen LogP contribution in [0, 0.1) is 6.92 Å². The minimum Gasteiger partial charge on any atom is -0.369 e. The van der Waals surface area contributed by atoms with Crippen molar-refractivity contribution >= 4 is 52.1 Å². The van der Waals surface area contributed by atoms with E-state index >= 15 is 0 Å². The van der Waals surface area contributed by atoms with Gasteiger partial charge in [-0.05, 0) is 49.7 Å². The van der Waals surface area contributed by atoms with Crippen molar-refractivity contribution in [2.75, 3.05) is 36.4 Å². The second-order valence-electron chi connectivity index (χ2n) is 6.74. The third-order valence-electron chi connectivity index (χ3n) is 4.94. The van der Waals surface area contributed by atoms with Crippen molar-refractivity contribution in [3.8, 4) is 0 Å². The molecule has 2 aromatic rings. The van der Waals surface area contributed by atoms with Crippen LogP contribution in [0.3, 0.4) is 0 Å². The van der Waals surface area contributed by atoms with Crippen LogP contribution in [-0.4, -0.2) is 43.0 Å². The Morgan fingerprint density at radius 1 is 1.00 bits per heavy atom. The first-order chi connectivity index (χ1) is 12.8. The average molecular weight is 427 g/mol. The molecular formula is C20H22Cl3N3O. The molecular weight excluding hydrogens is 405 g/mol. The molecule has 0 aromatic heterocycles. The first-order valence-electron chi connectivity index (χ1n) is 8.86. The van der Waals surface area contributed by atoms with Crippen LogP contribution in [0.2, 0.25) is 15.1 Å². The Morgan fingerprint density at radius 3 is 2.33 bits per heavy atom. The second kappa shape index (κ2) is 8.70. The number of hydrogen-bond acceptors (Lipinski definition) is 3. The summed E-state index contributed by atoms with van der Waals surface area (Å²) in [4.78, 5) is 17.1. The molecule has 7 heteroatoms. The van der Waals surface area contributed by atoms with Gasteiger partial charge in [0, 0.05) is 41.9 Å². The normalized spacial score (nSPS) is 16.3. The molecule has 2 aromatic carbocycles. The highest BCUT2D eigenvalue weighted by Gasteiger charge is 2.26. The molecule has 0 unspecified atom stereocenters. The molecule has 0 bridgehead atoms. The molecule has 144 valence electrons. The van der Waals surface area contributed by atoms with E-state index in [4.69, 9.17) is 34.8 Å². The lowest BCUT2D eigenvalue weighted by Crippen LogP contribution is -2.53. The number of carbonyl (C=O) groups is 1. The Balaban J connectivity index is 1.61. The third-order valence-corrected chi connectivity index (χ3v) is 5.74. The van der Waals surface area contributed by atoms with Crippen molar-refractivity contribution in [3.05, 3.63) is 57.0 Å². The molecule has 1 atom stereocenters. The molecule has 0 spiro atoms. The van der Waals surface area contributed by atoms with Crippen molar-refractivity contribution in [2.24, 2.45) is 0 Å². The fraction of sp³-hybridized carbons (Fsp3) is 0.350. The Hall–Kier alpha value is -1.46. The van der Waals surface area contributed by atoms with Gasteiger partial charge in [-0.15, -0.1) is 0 Å². The predicted molar refractivity (Wildman–Crippen MR) is 115 cm³/mol. The number of anilines is 2. The van der Waals surface area contributed by atoms with Gasteiger partial charge < -0.3 is 10.2 Å². The summed E-state index contributed by atoms with van der Waals surface area (Å²) in [5.41, 5.74) is 2.90. The van der Waals surface area contributed by atoms with Crippen LogP contribution < -0.4 is 10.2 Å². The quantitative estimate of drug-likeness (QED) is 0.738. The molecule has 1 saturated heterocycles. The van der Waals surface area contributed by atoms with Gasteiger partial charge in [-0.1, -0.05) is 40.9 Å². The topological polar surface area (TPSA) is 35.6 Å². The monoisotopic (exact) mass is 425 g/mol. The number of piperazine rings is 1. The smallest absolute Gasteiger partial charge is 0.241 e. The summed E-state index contributed by atoms with van der Waals surface area (Å²) in [6.07, 6.45) is 0. The van der Waals surface area contributed by atoms with Gasteiger partial charge in [-0.3, -0.25) is 9.69 Å². The standard InChI is InChI=1S/C20H22Cl3N3O/c1-13-3-4-16(22)12-19(13)26-9-7-25(8-10-26)14(2)20(27)24-18-11-15(21)5-6-17(18)23/h3-6,11-12,14H,7-10H2,1-2H3,(H,24,27)/t14-/m1/s1. The van der Waals surface area contributed by atoms with Gasteiger partial charge in [0.1, 0.15) is 0 Å². The van der Waals surface area contributed by atoms with E-state index in [1.165, 1.54) is 5.56 Å². The number of nitrogens with one attached hydrogen (secondary N) is 1. The van der Waals surface area contributed by atoms with Gasteiger partial charge in [-0.2, -0.15) is 0 Å². The first kappa shape index (κ1) is 20.3. The Kier molecular flexibility index (Phi) is 6.53. The lowest BCUT2D eigenvalue weighted by atomic mass is 10.1. The largest absolute Gasteiger partial charge is 0.369 e. The van der Waals surface area contributed by atoms with E-state index in [1.807, 2.05) is 25.1 Å². The number of halogens is 3. The molecule has 27 heavy (non-hydrogen) atoms. The Bertz CT molecular complexity index is 835. The van der Waals surface area contributed by atoms with Crippen LogP contribution in [0.15, 0.2) is 36.4 Å². The SMILES string of the molecule is Cc1ccc(Cl)cc1N1CCN([C@H](C)C(=O)Nc2cc(Cl)ccc2Cl)CC1. The van der Waals surface area contributed by atoms with E-state index in [9.17, 15) is 4.79 Å². The molecule has 1 N–H and O–H groups in total. The van der Waals surface area contributed by atoms with Crippen molar-refractivity contribution in [2.45, 2.75) is 19.9 Å². The minimum absolute atomic E-state index is 0.0912. The maximum atomic E-state index is 12.6. The van der Waals surface area contributed by atoms with Crippen LogP contribution in [0.1, 0.15) is 12.5 Å². The Labute approximate surface area is 175 Å². The van der Waals surface area contributed by atoms with Gasteiger partial charge in [-0.25, -0.2) is 0 Å². The van der Waals surface area contributed by atoms with Gasteiger partial charge in [0.2, 0.25) is 5.91 Å². The van der Waals surface area contributed by atoms with E-state index in [1.54, 1.807) is 18.2 Å². The minimum atomic E-state index is -0.261. The van der Waals surface area contributed by atoms with Crippen molar-refractivity contribution < 1.29 is 4.79 Å². The molecule has 1 fully saturated rings. The van der Waals surface area contributed by atoms with Crippen LogP contribution in [0.4, 0.5) is 11.4 Å². The number of carbonyl (C=O) groups excluding carboxylic acids is 1. The number of nitrogens with zero attached hydrogens (tertiary/aromatic N) is 2. The molecule has 1 aliphatic heterocycles. The van der Waals surface area contributed by atoms with Crippen molar-refractivity contribution in [1.29, 1.82) is 0 Å². The zero-order valence-electron chi connectivity index (χ0n) is 15.3. The molecule has 1 heterocycles. The summed E-state index contributed by atoms with van der Waals surface area (Å²) in [5.74, 6) is -0.0912. The van der Waals surface area contributed by atoms with E-state index in [2.05, 4.69) is 22.0 Å². The third kappa shape index (κ3) is 4.88. The predicted octanol–water partition coefficient (Wildman–Crippen LogP) is 5.10. The lowest BCUT2D eigenvalue weighted by molar-refractivity contribution is -0.120. The van der Waals surface area contributed by atoms with E-state index < -0.39 is 0 Å². The number of rotatable bonds is 4. The average Bonchev–Trinajstić information content (AvgIpc) is 2.66. The fourth-order valence-electron chi connectivity index (χ4n) is 3.27. The highest BCUT2D eigenvalue weighted by atomic mass is 35.5. The van der Waals surface area contributed by atoms with E-state index in [-0.39, 0.29) is 11.9 Å². The maximum absolute atomic E-state index is 12.6. The van der Waals surface area contributed by atoms with Gasteiger partial charge >= 0.3 is 0 Å². The molecule has 1 aliphatic rings. The summed E-state index contributed by atoms with van der Waals surface area (Å²) in [5, 5.41) is 4.63. The van der Waals surface area contributed by atoms with Gasteiger partial charge in [0.05, 0.1) is 16.8 Å². The highest BCUT2D eigenvalue weighted by Crippen LogP contribution is 2.27.